The first-order chi connectivity index (χ1) is 20.2. The molecule has 1 fully saturated rings. The lowest BCUT2D eigenvalue weighted by atomic mass is 10.1. The van der Waals surface area contributed by atoms with Gasteiger partial charge in [0.25, 0.3) is 0 Å². The van der Waals surface area contributed by atoms with E-state index in [9.17, 15) is 27.5 Å². The molecule has 43 heavy (non-hydrogen) atoms. The Morgan fingerprint density at radius 2 is 1.79 bits per heavy atom. The second kappa shape index (κ2) is 10.8. The van der Waals surface area contributed by atoms with Crippen LogP contribution in [-0.2, 0) is 14.6 Å². The van der Waals surface area contributed by atoms with Crippen LogP contribution in [0.25, 0.3) is 28.0 Å². The van der Waals surface area contributed by atoms with Crippen molar-refractivity contribution in [3.05, 3.63) is 76.9 Å². The van der Waals surface area contributed by atoms with E-state index >= 15 is 4.39 Å². The van der Waals surface area contributed by atoms with E-state index < -0.39 is 61.3 Å². The van der Waals surface area contributed by atoms with E-state index in [1.807, 2.05) is 0 Å². The van der Waals surface area contributed by atoms with Gasteiger partial charge in [-0.05, 0) is 56.7 Å². The summed E-state index contributed by atoms with van der Waals surface area (Å²) in [6, 6.07) is 5.13. The molecule has 0 spiro atoms. The molecule has 224 valence electrons. The van der Waals surface area contributed by atoms with E-state index in [-0.39, 0.29) is 41.5 Å². The van der Waals surface area contributed by atoms with Crippen molar-refractivity contribution in [3.8, 4) is 22.7 Å². The summed E-state index contributed by atoms with van der Waals surface area (Å²) in [5.74, 6) is -2.80. The number of carbonyl (C=O) groups excluding carboxylic acids is 1. The summed E-state index contributed by atoms with van der Waals surface area (Å²) in [6.45, 7) is 9.21. The van der Waals surface area contributed by atoms with Gasteiger partial charge < -0.3 is 14.9 Å². The molecule has 0 bridgehead atoms. The fourth-order valence-electron chi connectivity index (χ4n) is 5.54. The summed E-state index contributed by atoms with van der Waals surface area (Å²) >= 11 is 0. The third-order valence-electron chi connectivity index (χ3n) is 7.35. The Kier molecular flexibility index (Phi) is 7.50. The molecule has 11 nitrogen and oxygen atoms in total. The van der Waals surface area contributed by atoms with Gasteiger partial charge in [-0.3, -0.25) is 4.79 Å². The Labute approximate surface area is 245 Å². The minimum absolute atomic E-state index is 0.0154. The first-order valence-corrected chi connectivity index (χ1v) is 15.1. The molecular weight excluding hydrogens is 582 g/mol. The molecule has 1 saturated heterocycles. The molecule has 1 aliphatic rings. The molecule has 3 aromatic heterocycles. The van der Waals surface area contributed by atoms with E-state index in [1.165, 1.54) is 24.4 Å². The van der Waals surface area contributed by atoms with Gasteiger partial charge in [-0.2, -0.15) is 4.98 Å². The lowest BCUT2D eigenvalue weighted by Crippen LogP contribution is -2.58. The quantitative estimate of drug-likeness (QED) is 0.338. The van der Waals surface area contributed by atoms with Gasteiger partial charge in [-0.1, -0.05) is 12.6 Å². The van der Waals surface area contributed by atoms with Crippen molar-refractivity contribution in [1.82, 2.24) is 24.4 Å². The van der Waals surface area contributed by atoms with Crippen molar-refractivity contribution in [3.63, 3.8) is 0 Å². The predicted octanol–water partition coefficient (Wildman–Crippen LogP) is 3.15. The van der Waals surface area contributed by atoms with Crippen LogP contribution >= 0.6 is 0 Å². The molecule has 2 atom stereocenters. The number of benzene rings is 1. The molecule has 1 aliphatic heterocycles. The number of aromatic hydroxyl groups is 1. The van der Waals surface area contributed by atoms with Crippen LogP contribution in [-0.4, -0.2) is 75.3 Å². The molecule has 0 saturated carbocycles. The zero-order chi connectivity index (χ0) is 31.4. The Hall–Kier alpha value is -4.72. The lowest BCUT2D eigenvalue weighted by Gasteiger charge is -2.45. The van der Waals surface area contributed by atoms with E-state index in [2.05, 4.69) is 21.5 Å². The number of piperazine rings is 1. The van der Waals surface area contributed by atoms with Crippen molar-refractivity contribution in [2.45, 2.75) is 37.9 Å². The zero-order valence-electron chi connectivity index (χ0n) is 23.7. The highest BCUT2D eigenvalue weighted by Crippen LogP contribution is 2.37. The number of phenols is 1. The van der Waals surface area contributed by atoms with Crippen LogP contribution in [0.5, 0.6) is 5.75 Å². The second-order valence-corrected chi connectivity index (χ2v) is 12.4. The predicted molar refractivity (Wildman–Crippen MR) is 156 cm³/mol. The third kappa shape index (κ3) is 5.11. The van der Waals surface area contributed by atoms with Crippen LogP contribution in [0, 0.1) is 18.6 Å². The second-order valence-electron chi connectivity index (χ2n) is 10.5. The highest BCUT2D eigenvalue weighted by Gasteiger charge is 2.35. The van der Waals surface area contributed by atoms with Gasteiger partial charge in [0.2, 0.25) is 5.91 Å². The number of aromatic nitrogens is 4. The molecule has 1 amide bonds. The number of carbonyl (C=O) groups is 1. The van der Waals surface area contributed by atoms with Gasteiger partial charge in [-0.15, -0.1) is 0 Å². The zero-order valence-corrected chi connectivity index (χ0v) is 24.6. The molecule has 5 rings (SSSR count). The topological polar surface area (TPSA) is 139 Å². The number of aryl methyl sites for hydroxylation is 1. The maximum atomic E-state index is 15.9. The SMILES string of the molecule is C=CC(=O)N1C[C@@H](C)N(c2nc(=O)n(-c3c(C)ccnc3S(C)(=O)=O)c3nc(-c4c(O)cccc4F)c(F)cc23)[C@@H](C)C1. The van der Waals surface area contributed by atoms with Crippen molar-refractivity contribution in [2.75, 3.05) is 24.2 Å². The number of fused-ring (bicyclic) bond motifs is 1. The summed E-state index contributed by atoms with van der Waals surface area (Å²) < 4.78 is 57.2. The standard InChI is InChI=1S/C29H28F2N6O5S/c1-6-22(39)35-13-16(3)36(17(4)14-35)27-18-12-20(31)24(23-19(30)8-7-9-21(23)38)33-26(18)37(29(40)34-27)25-15(2)10-11-32-28(25)43(5,41)42/h6-12,16-17,38H,1,13-14H2,2-5H3/t16-,17+. The number of rotatable bonds is 5. The van der Waals surface area contributed by atoms with Crippen LogP contribution in [0.3, 0.4) is 0 Å². The van der Waals surface area contributed by atoms with E-state index in [0.29, 0.717) is 5.56 Å². The Balaban J connectivity index is 1.89. The van der Waals surface area contributed by atoms with Gasteiger partial charge in [0, 0.05) is 37.6 Å². The van der Waals surface area contributed by atoms with E-state index in [4.69, 9.17) is 0 Å². The van der Waals surface area contributed by atoms with Crippen LogP contribution < -0.4 is 10.6 Å². The fraction of sp³-hybridized carbons (Fsp3) is 0.276. The smallest absolute Gasteiger partial charge is 0.355 e. The lowest BCUT2D eigenvalue weighted by molar-refractivity contribution is -0.127. The average Bonchev–Trinajstić information content (AvgIpc) is 2.92. The number of phenolic OH excluding ortho intramolecular Hbond substituents is 1. The number of halogens is 2. The maximum absolute atomic E-state index is 15.9. The Bertz CT molecular complexity index is 1950. The highest BCUT2D eigenvalue weighted by atomic mass is 32.2. The average molecular weight is 611 g/mol. The number of anilines is 1. The first kappa shape index (κ1) is 29.8. The summed E-state index contributed by atoms with van der Waals surface area (Å²) in [5.41, 5.74) is -2.14. The number of pyridine rings is 2. The Morgan fingerprint density at radius 1 is 1.12 bits per heavy atom. The van der Waals surface area contributed by atoms with Crippen molar-refractivity contribution in [1.29, 1.82) is 0 Å². The molecule has 0 radical (unpaired) electrons. The van der Waals surface area contributed by atoms with Crippen LogP contribution in [0.15, 0.2) is 59.0 Å². The van der Waals surface area contributed by atoms with Gasteiger partial charge in [0.15, 0.2) is 26.3 Å². The highest BCUT2D eigenvalue weighted by molar-refractivity contribution is 7.90. The van der Waals surface area contributed by atoms with Gasteiger partial charge in [0.1, 0.15) is 23.1 Å². The molecular formula is C29H28F2N6O5S. The number of hydrogen-bond acceptors (Lipinski definition) is 9. The summed E-state index contributed by atoms with van der Waals surface area (Å²) in [6.07, 6.45) is 3.41. The molecule has 4 aromatic rings. The maximum Gasteiger partial charge on any atom is 0.355 e. The first-order valence-electron chi connectivity index (χ1n) is 13.2. The largest absolute Gasteiger partial charge is 0.507 e. The number of hydrogen-bond donors (Lipinski definition) is 1. The molecule has 14 heteroatoms. The number of amides is 1. The molecule has 1 aromatic carbocycles. The Morgan fingerprint density at radius 3 is 2.40 bits per heavy atom. The van der Waals surface area contributed by atoms with Crippen molar-refractivity contribution < 1.29 is 27.1 Å². The third-order valence-corrected chi connectivity index (χ3v) is 8.35. The molecule has 0 aliphatic carbocycles. The van der Waals surface area contributed by atoms with E-state index in [0.717, 1.165) is 29.0 Å². The molecule has 4 heterocycles. The van der Waals surface area contributed by atoms with Crippen LogP contribution in [0.4, 0.5) is 14.6 Å². The van der Waals surface area contributed by atoms with Gasteiger partial charge in [0.05, 0.1) is 16.6 Å². The minimum Gasteiger partial charge on any atom is -0.507 e. The van der Waals surface area contributed by atoms with Crippen molar-refractivity contribution in [2.24, 2.45) is 0 Å². The van der Waals surface area contributed by atoms with Gasteiger partial charge >= 0.3 is 5.69 Å². The van der Waals surface area contributed by atoms with Crippen LogP contribution in [0.1, 0.15) is 19.4 Å². The van der Waals surface area contributed by atoms with Gasteiger partial charge in [-0.25, -0.2) is 36.5 Å². The number of sulfone groups is 1. The summed E-state index contributed by atoms with van der Waals surface area (Å²) in [4.78, 5) is 42.2. The summed E-state index contributed by atoms with van der Waals surface area (Å²) in [5, 5.41) is 10.0. The van der Waals surface area contributed by atoms with Crippen molar-refractivity contribution >= 4 is 32.6 Å². The monoisotopic (exact) mass is 610 g/mol. The minimum atomic E-state index is -3.99. The normalized spacial score (nSPS) is 17.3. The molecule has 0 unspecified atom stereocenters. The molecule has 1 N–H and O–H groups in total. The fourth-order valence-corrected chi connectivity index (χ4v) is 6.40. The van der Waals surface area contributed by atoms with E-state index in [1.54, 1.807) is 30.6 Å². The number of nitrogens with zero attached hydrogens (tertiary/aromatic N) is 6. The summed E-state index contributed by atoms with van der Waals surface area (Å²) in [7, 11) is -3.99. The van der Waals surface area contributed by atoms with Crippen LogP contribution in [0.2, 0.25) is 0 Å².